The SMILES string of the molecule is O=C(CCN1CCN(C(=O)c2ccc(C(F)(F)F)cc2)CC1)N1CCCCC1. The molecule has 2 fully saturated rings. The lowest BCUT2D eigenvalue weighted by Gasteiger charge is -2.35. The van der Waals surface area contributed by atoms with E-state index in [-0.39, 0.29) is 17.4 Å². The summed E-state index contributed by atoms with van der Waals surface area (Å²) in [5.41, 5.74) is -0.492. The van der Waals surface area contributed by atoms with Crippen LogP contribution in [-0.4, -0.2) is 72.3 Å². The van der Waals surface area contributed by atoms with E-state index in [1.54, 1.807) is 4.90 Å². The first-order chi connectivity index (χ1) is 13.3. The molecule has 1 aromatic carbocycles. The van der Waals surface area contributed by atoms with Gasteiger partial charge in [-0.1, -0.05) is 0 Å². The van der Waals surface area contributed by atoms with Crippen molar-refractivity contribution in [3.05, 3.63) is 35.4 Å². The molecule has 2 heterocycles. The van der Waals surface area contributed by atoms with Crippen LogP contribution in [0.15, 0.2) is 24.3 Å². The van der Waals surface area contributed by atoms with Crippen molar-refractivity contribution in [3.8, 4) is 0 Å². The number of piperazine rings is 1. The highest BCUT2D eigenvalue weighted by Crippen LogP contribution is 2.29. The van der Waals surface area contributed by atoms with Crippen LogP contribution in [0.25, 0.3) is 0 Å². The van der Waals surface area contributed by atoms with Crippen molar-refractivity contribution in [1.29, 1.82) is 0 Å². The van der Waals surface area contributed by atoms with Crippen molar-refractivity contribution >= 4 is 11.8 Å². The summed E-state index contributed by atoms with van der Waals surface area (Å²) in [6, 6.07) is 4.34. The van der Waals surface area contributed by atoms with Gasteiger partial charge >= 0.3 is 6.18 Å². The zero-order valence-electron chi connectivity index (χ0n) is 15.9. The zero-order chi connectivity index (χ0) is 20.1. The number of halogens is 3. The largest absolute Gasteiger partial charge is 0.416 e. The minimum absolute atomic E-state index is 0.197. The van der Waals surface area contributed by atoms with Gasteiger partial charge < -0.3 is 9.80 Å². The Morgan fingerprint density at radius 3 is 2.00 bits per heavy atom. The fourth-order valence-corrected chi connectivity index (χ4v) is 3.71. The van der Waals surface area contributed by atoms with Gasteiger partial charge in [0.25, 0.3) is 5.91 Å². The van der Waals surface area contributed by atoms with Gasteiger partial charge in [0, 0.05) is 57.8 Å². The lowest BCUT2D eigenvalue weighted by atomic mass is 10.1. The summed E-state index contributed by atoms with van der Waals surface area (Å²) in [6.07, 6.45) is -0.558. The first kappa shape index (κ1) is 20.6. The fourth-order valence-electron chi connectivity index (χ4n) is 3.71. The molecule has 0 atom stereocenters. The molecule has 2 saturated heterocycles. The molecule has 5 nitrogen and oxygen atoms in total. The number of likely N-dealkylation sites (tertiary alicyclic amines) is 1. The second-order valence-electron chi connectivity index (χ2n) is 7.40. The van der Waals surface area contributed by atoms with Crippen LogP contribution in [0.3, 0.4) is 0 Å². The van der Waals surface area contributed by atoms with Crippen molar-refractivity contribution in [3.63, 3.8) is 0 Å². The number of piperidine rings is 1. The Morgan fingerprint density at radius 2 is 1.43 bits per heavy atom. The van der Waals surface area contributed by atoms with Crippen LogP contribution in [0.2, 0.25) is 0 Å². The molecule has 8 heteroatoms. The van der Waals surface area contributed by atoms with Gasteiger partial charge in [-0.25, -0.2) is 0 Å². The van der Waals surface area contributed by atoms with E-state index in [2.05, 4.69) is 4.90 Å². The maximum Gasteiger partial charge on any atom is 0.416 e. The Bertz CT molecular complexity index is 677. The Kier molecular flexibility index (Phi) is 6.59. The topological polar surface area (TPSA) is 43.9 Å². The predicted molar refractivity (Wildman–Crippen MR) is 98.8 cm³/mol. The van der Waals surface area contributed by atoms with Gasteiger partial charge in [-0.05, 0) is 43.5 Å². The van der Waals surface area contributed by atoms with E-state index in [1.165, 1.54) is 18.6 Å². The number of carbonyl (C=O) groups excluding carboxylic acids is 2. The molecule has 154 valence electrons. The summed E-state index contributed by atoms with van der Waals surface area (Å²) < 4.78 is 37.9. The van der Waals surface area contributed by atoms with Gasteiger partial charge in [-0.3, -0.25) is 14.5 Å². The number of amides is 2. The second kappa shape index (κ2) is 8.94. The molecule has 0 radical (unpaired) electrons. The molecule has 28 heavy (non-hydrogen) atoms. The van der Waals surface area contributed by atoms with Crippen LogP contribution in [0.5, 0.6) is 0 Å². The molecule has 2 aliphatic rings. The van der Waals surface area contributed by atoms with Gasteiger partial charge in [0.1, 0.15) is 0 Å². The van der Waals surface area contributed by atoms with E-state index in [1.807, 2.05) is 4.90 Å². The summed E-state index contributed by atoms with van der Waals surface area (Å²) in [6.45, 7) is 4.74. The van der Waals surface area contributed by atoms with Gasteiger partial charge in [0.2, 0.25) is 5.91 Å². The summed E-state index contributed by atoms with van der Waals surface area (Å²) in [5, 5.41) is 0. The molecular formula is C20H26F3N3O2. The molecule has 0 unspecified atom stereocenters. The maximum atomic E-state index is 12.6. The molecule has 0 saturated carbocycles. The molecule has 0 spiro atoms. The normalized spacial score (nSPS) is 19.0. The third-order valence-electron chi connectivity index (χ3n) is 5.47. The Balaban J connectivity index is 1.44. The van der Waals surface area contributed by atoms with Gasteiger partial charge in [-0.15, -0.1) is 0 Å². The zero-order valence-corrected chi connectivity index (χ0v) is 15.9. The van der Waals surface area contributed by atoms with E-state index in [4.69, 9.17) is 0 Å². The highest BCUT2D eigenvalue weighted by Gasteiger charge is 2.30. The fraction of sp³-hybridized carbons (Fsp3) is 0.600. The Morgan fingerprint density at radius 1 is 0.821 bits per heavy atom. The first-order valence-corrected chi connectivity index (χ1v) is 9.81. The van der Waals surface area contributed by atoms with E-state index >= 15 is 0 Å². The van der Waals surface area contributed by atoms with Gasteiger partial charge in [-0.2, -0.15) is 13.2 Å². The first-order valence-electron chi connectivity index (χ1n) is 9.81. The third-order valence-corrected chi connectivity index (χ3v) is 5.47. The molecule has 1 aromatic rings. The molecule has 0 N–H and O–H groups in total. The lowest BCUT2D eigenvalue weighted by molar-refractivity contribution is -0.137. The minimum Gasteiger partial charge on any atom is -0.343 e. The van der Waals surface area contributed by atoms with Gasteiger partial charge in [0.05, 0.1) is 5.56 Å². The molecular weight excluding hydrogens is 371 g/mol. The molecule has 0 aliphatic carbocycles. The smallest absolute Gasteiger partial charge is 0.343 e. The van der Waals surface area contributed by atoms with E-state index in [0.717, 1.165) is 38.1 Å². The van der Waals surface area contributed by atoms with Crippen molar-refractivity contribution < 1.29 is 22.8 Å². The molecule has 2 aliphatic heterocycles. The highest BCUT2D eigenvalue weighted by atomic mass is 19.4. The summed E-state index contributed by atoms with van der Waals surface area (Å²) in [7, 11) is 0. The molecule has 0 aromatic heterocycles. The van der Waals surface area contributed by atoms with Crippen molar-refractivity contribution in [2.75, 3.05) is 45.8 Å². The number of rotatable bonds is 4. The number of carbonyl (C=O) groups is 2. The maximum absolute atomic E-state index is 12.6. The standard InChI is InChI=1S/C20H26F3N3O2/c21-20(22,23)17-6-4-16(5-7-17)19(28)26-14-12-24(13-15-26)11-8-18(27)25-9-2-1-3-10-25/h4-7H,1-3,8-15H2. The lowest BCUT2D eigenvalue weighted by Crippen LogP contribution is -2.49. The van der Waals surface area contributed by atoms with Crippen LogP contribution >= 0.6 is 0 Å². The average Bonchev–Trinajstić information content (AvgIpc) is 2.72. The van der Waals surface area contributed by atoms with Crippen molar-refractivity contribution in [1.82, 2.24) is 14.7 Å². The van der Waals surface area contributed by atoms with Gasteiger partial charge in [0.15, 0.2) is 0 Å². The van der Waals surface area contributed by atoms with Crippen LogP contribution < -0.4 is 0 Å². The molecule has 3 rings (SSSR count). The summed E-state index contributed by atoms with van der Waals surface area (Å²) >= 11 is 0. The average molecular weight is 397 g/mol. The second-order valence-corrected chi connectivity index (χ2v) is 7.40. The molecule has 0 bridgehead atoms. The monoisotopic (exact) mass is 397 g/mol. The van der Waals surface area contributed by atoms with E-state index in [9.17, 15) is 22.8 Å². The number of hydrogen-bond acceptors (Lipinski definition) is 3. The summed E-state index contributed by atoms with van der Waals surface area (Å²) in [5.74, 6) is -0.0549. The van der Waals surface area contributed by atoms with Crippen LogP contribution in [0.4, 0.5) is 13.2 Å². The number of alkyl halides is 3. The quantitative estimate of drug-likeness (QED) is 0.785. The Hall–Kier alpha value is -2.09. The van der Waals surface area contributed by atoms with Crippen molar-refractivity contribution in [2.45, 2.75) is 31.9 Å². The number of nitrogens with zero attached hydrogens (tertiary/aromatic N) is 3. The minimum atomic E-state index is -4.40. The predicted octanol–water partition coefficient (Wildman–Crippen LogP) is 2.87. The van der Waals surface area contributed by atoms with Crippen LogP contribution in [0, 0.1) is 0 Å². The highest BCUT2D eigenvalue weighted by molar-refractivity contribution is 5.94. The summed E-state index contributed by atoms with van der Waals surface area (Å²) in [4.78, 5) is 30.5. The van der Waals surface area contributed by atoms with Crippen LogP contribution in [0.1, 0.15) is 41.6 Å². The molecule has 2 amide bonds. The van der Waals surface area contributed by atoms with E-state index in [0.29, 0.717) is 39.1 Å². The van der Waals surface area contributed by atoms with E-state index < -0.39 is 11.7 Å². The third kappa shape index (κ3) is 5.25. The van der Waals surface area contributed by atoms with Crippen LogP contribution in [-0.2, 0) is 11.0 Å². The number of benzene rings is 1. The Labute approximate surface area is 163 Å². The number of hydrogen-bond donors (Lipinski definition) is 0. The van der Waals surface area contributed by atoms with Crippen molar-refractivity contribution in [2.24, 2.45) is 0 Å².